The summed E-state index contributed by atoms with van der Waals surface area (Å²) in [6.07, 6.45) is -2.24. The van der Waals surface area contributed by atoms with Crippen LogP contribution in [0, 0.1) is 0 Å². The van der Waals surface area contributed by atoms with Crippen molar-refractivity contribution < 1.29 is 27.8 Å². The largest absolute Gasteiger partial charge is 0.507 e. The van der Waals surface area contributed by atoms with E-state index in [4.69, 9.17) is 16.7 Å². The summed E-state index contributed by atoms with van der Waals surface area (Å²) in [6, 6.07) is 0. The van der Waals surface area contributed by atoms with Gasteiger partial charge in [-0.3, -0.25) is 0 Å². The van der Waals surface area contributed by atoms with Crippen molar-refractivity contribution in [1.82, 2.24) is 0 Å². The second kappa shape index (κ2) is 3.44. The van der Waals surface area contributed by atoms with Gasteiger partial charge in [0, 0.05) is 11.6 Å². The molecule has 0 heterocycles. The third-order valence-corrected chi connectivity index (χ3v) is 2.21. The number of alkyl halides is 3. The fraction of sp³-hybridized carbons (Fsp3) is 0.375. The molecule has 0 aromatic heterocycles. The molecule has 1 fully saturated rings. The Balaban J connectivity index is 3.03. The monoisotopic (exact) mass is 242 g/mol. The number of carbonyl (C=O) groups is 1. The maximum Gasteiger partial charge on any atom is 0.332 e. The minimum absolute atomic E-state index is 0.323. The first-order valence-electron chi connectivity index (χ1n) is 3.71. The van der Waals surface area contributed by atoms with Crippen molar-refractivity contribution in [2.24, 2.45) is 0 Å². The summed E-state index contributed by atoms with van der Waals surface area (Å²) in [5.41, 5.74) is -2.68. The smallest absolute Gasteiger partial charge is 0.332 e. The third-order valence-electron chi connectivity index (χ3n) is 2.00. The minimum atomic E-state index is -3.98. The summed E-state index contributed by atoms with van der Waals surface area (Å²) < 4.78 is 42.6. The normalized spacial score (nSPS) is 33.3. The Morgan fingerprint density at radius 1 is 1.60 bits per heavy atom. The van der Waals surface area contributed by atoms with Crippen LogP contribution in [-0.4, -0.2) is 28.8 Å². The first kappa shape index (κ1) is 11.9. The number of halogens is 4. The van der Waals surface area contributed by atoms with Crippen LogP contribution in [0.15, 0.2) is 23.9 Å². The number of aliphatic hydroxyl groups excluding tert-OH is 1. The van der Waals surface area contributed by atoms with Crippen molar-refractivity contribution in [2.75, 3.05) is 0 Å². The Morgan fingerprint density at radius 2 is 2.07 bits per heavy atom. The number of esters is 1. The first-order valence-corrected chi connectivity index (χ1v) is 4.15. The van der Waals surface area contributed by atoms with E-state index in [-0.39, 0.29) is 0 Å². The Labute approximate surface area is 87.8 Å². The molecule has 1 aliphatic carbocycles. The SMILES string of the molecule is C=CC(=O)OC1(C(O)=CCl)C(F)C1(F)F. The van der Waals surface area contributed by atoms with E-state index in [2.05, 4.69) is 11.3 Å². The second-order valence-electron chi connectivity index (χ2n) is 2.84. The van der Waals surface area contributed by atoms with Gasteiger partial charge in [0.2, 0.25) is 6.17 Å². The van der Waals surface area contributed by atoms with E-state index in [1.165, 1.54) is 0 Å². The molecule has 0 bridgehead atoms. The Hall–Kier alpha value is -1.17. The maximum atomic E-state index is 12.8. The van der Waals surface area contributed by atoms with Gasteiger partial charge in [-0.15, -0.1) is 0 Å². The van der Waals surface area contributed by atoms with Crippen molar-refractivity contribution in [3.63, 3.8) is 0 Å². The molecule has 0 amide bonds. The standard InChI is InChI=1S/C8H6ClF3O3/c1-2-5(14)15-7(4(13)3-9)6(10)8(7,11)12/h2-3,6,13H,1H2. The molecule has 1 N–H and O–H groups in total. The van der Waals surface area contributed by atoms with E-state index in [1.807, 2.05) is 0 Å². The zero-order chi connectivity index (χ0) is 11.9. The number of ether oxygens (including phenoxy) is 1. The highest BCUT2D eigenvalue weighted by molar-refractivity contribution is 6.25. The van der Waals surface area contributed by atoms with E-state index >= 15 is 0 Å². The number of carbonyl (C=O) groups excluding carboxylic acids is 1. The van der Waals surface area contributed by atoms with E-state index < -0.39 is 29.4 Å². The fourth-order valence-electron chi connectivity index (χ4n) is 1.10. The molecule has 3 nitrogen and oxygen atoms in total. The topological polar surface area (TPSA) is 46.5 Å². The average molecular weight is 243 g/mol. The molecule has 0 spiro atoms. The van der Waals surface area contributed by atoms with Crippen LogP contribution in [0.1, 0.15) is 0 Å². The molecular weight excluding hydrogens is 237 g/mol. The van der Waals surface area contributed by atoms with Gasteiger partial charge in [0.25, 0.3) is 5.60 Å². The van der Waals surface area contributed by atoms with Gasteiger partial charge >= 0.3 is 11.9 Å². The molecule has 0 radical (unpaired) electrons. The van der Waals surface area contributed by atoms with Gasteiger partial charge in [-0.1, -0.05) is 18.2 Å². The fourth-order valence-corrected chi connectivity index (χ4v) is 1.26. The van der Waals surface area contributed by atoms with Crippen LogP contribution in [0.3, 0.4) is 0 Å². The van der Waals surface area contributed by atoms with Gasteiger partial charge in [0.15, 0.2) is 5.76 Å². The Bertz CT molecular complexity index is 342. The van der Waals surface area contributed by atoms with Crippen LogP contribution in [0.25, 0.3) is 0 Å². The van der Waals surface area contributed by atoms with Crippen molar-refractivity contribution in [3.8, 4) is 0 Å². The highest BCUT2D eigenvalue weighted by Gasteiger charge is 2.89. The van der Waals surface area contributed by atoms with E-state index in [9.17, 15) is 18.0 Å². The summed E-state index contributed by atoms with van der Waals surface area (Å²) in [6.45, 7) is 2.95. The second-order valence-corrected chi connectivity index (χ2v) is 3.06. The number of aliphatic hydroxyl groups is 1. The maximum absolute atomic E-state index is 12.8. The van der Waals surface area contributed by atoms with Crippen LogP contribution >= 0.6 is 11.6 Å². The van der Waals surface area contributed by atoms with E-state index in [0.29, 0.717) is 11.6 Å². The predicted molar refractivity (Wildman–Crippen MR) is 45.4 cm³/mol. The van der Waals surface area contributed by atoms with Crippen LogP contribution < -0.4 is 0 Å². The number of rotatable bonds is 3. The third kappa shape index (κ3) is 1.40. The highest BCUT2D eigenvalue weighted by atomic mass is 35.5. The molecule has 1 rings (SSSR count). The Kier molecular flexibility index (Phi) is 2.73. The predicted octanol–water partition coefficient (Wildman–Crippen LogP) is 2.08. The minimum Gasteiger partial charge on any atom is -0.507 e. The highest BCUT2D eigenvalue weighted by Crippen LogP contribution is 2.61. The lowest BCUT2D eigenvalue weighted by atomic mass is 10.3. The molecule has 1 aliphatic rings. The summed E-state index contributed by atoms with van der Waals surface area (Å²) in [5.74, 6) is -6.50. The van der Waals surface area contributed by atoms with Crippen LogP contribution in [0.4, 0.5) is 13.2 Å². The molecule has 15 heavy (non-hydrogen) atoms. The van der Waals surface area contributed by atoms with Gasteiger partial charge in [0.1, 0.15) is 0 Å². The number of hydrogen-bond donors (Lipinski definition) is 1. The molecule has 84 valence electrons. The Morgan fingerprint density at radius 3 is 2.33 bits per heavy atom. The van der Waals surface area contributed by atoms with Gasteiger partial charge < -0.3 is 9.84 Å². The summed E-state index contributed by atoms with van der Waals surface area (Å²) in [7, 11) is 0. The zero-order valence-electron chi connectivity index (χ0n) is 7.21. The quantitative estimate of drug-likeness (QED) is 0.468. The van der Waals surface area contributed by atoms with E-state index in [1.54, 1.807) is 0 Å². The molecule has 7 heteroatoms. The van der Waals surface area contributed by atoms with Crippen molar-refractivity contribution in [2.45, 2.75) is 17.7 Å². The molecule has 0 aromatic rings. The molecule has 0 aromatic carbocycles. The molecule has 1 saturated carbocycles. The summed E-state index contributed by atoms with van der Waals surface area (Å²) in [4.78, 5) is 10.7. The average Bonchev–Trinajstić information content (AvgIpc) is 2.63. The number of hydrogen-bond acceptors (Lipinski definition) is 3. The first-order chi connectivity index (χ1) is 6.84. The van der Waals surface area contributed by atoms with Crippen molar-refractivity contribution in [1.29, 1.82) is 0 Å². The molecule has 0 aliphatic heterocycles. The van der Waals surface area contributed by atoms with E-state index in [0.717, 1.165) is 0 Å². The van der Waals surface area contributed by atoms with Crippen LogP contribution in [-0.2, 0) is 9.53 Å². The molecular formula is C8H6ClF3O3. The van der Waals surface area contributed by atoms with Crippen LogP contribution in [0.2, 0.25) is 0 Å². The van der Waals surface area contributed by atoms with Gasteiger partial charge in [-0.2, -0.15) is 8.78 Å². The summed E-state index contributed by atoms with van der Waals surface area (Å²) >= 11 is 4.97. The van der Waals surface area contributed by atoms with Crippen molar-refractivity contribution in [3.05, 3.63) is 23.9 Å². The van der Waals surface area contributed by atoms with Gasteiger partial charge in [0.05, 0.1) is 0 Å². The molecule has 2 unspecified atom stereocenters. The lowest BCUT2D eigenvalue weighted by Gasteiger charge is -2.13. The lowest BCUT2D eigenvalue weighted by Crippen LogP contribution is -2.29. The van der Waals surface area contributed by atoms with Crippen molar-refractivity contribution >= 4 is 17.6 Å². The van der Waals surface area contributed by atoms with Gasteiger partial charge in [-0.05, 0) is 0 Å². The van der Waals surface area contributed by atoms with Gasteiger partial charge in [-0.25, -0.2) is 9.18 Å². The zero-order valence-corrected chi connectivity index (χ0v) is 7.97. The van der Waals surface area contributed by atoms with Crippen LogP contribution in [0.5, 0.6) is 0 Å². The molecule has 2 atom stereocenters. The lowest BCUT2D eigenvalue weighted by molar-refractivity contribution is -0.151. The summed E-state index contributed by atoms with van der Waals surface area (Å²) in [5, 5.41) is 9.00. The molecule has 0 saturated heterocycles.